The van der Waals surface area contributed by atoms with Gasteiger partial charge >= 0.3 is 105 Å². The molecule has 0 saturated carbocycles. The van der Waals surface area contributed by atoms with Crippen molar-refractivity contribution in [1.82, 2.24) is 0 Å². The van der Waals surface area contributed by atoms with Crippen molar-refractivity contribution in [3.05, 3.63) is 40.5 Å². The molecule has 1 aromatic carbocycles. The standard InChI is InChI=1S/C12H7N3OSe/c13-6-9(7-14)12-15(11(16)8-17-12)10-4-2-1-3-5-10/h1-5H,8H2. The first-order valence-electron chi connectivity index (χ1n) is 4.83. The van der Waals surface area contributed by atoms with Gasteiger partial charge in [0.1, 0.15) is 0 Å². The molecule has 5 heteroatoms. The molecule has 1 aliphatic heterocycles. The number of benzene rings is 1. The van der Waals surface area contributed by atoms with Crippen LogP contribution >= 0.6 is 0 Å². The normalized spacial score (nSPS) is 14.4. The average Bonchev–Trinajstić information content (AvgIpc) is 2.74. The second kappa shape index (κ2) is 4.84. The summed E-state index contributed by atoms with van der Waals surface area (Å²) in [6, 6.07) is 12.8. The summed E-state index contributed by atoms with van der Waals surface area (Å²) in [5, 5.41) is 18.2. The van der Waals surface area contributed by atoms with Gasteiger partial charge in [-0.2, -0.15) is 0 Å². The number of carbonyl (C=O) groups excluding carboxylic acids is 1. The van der Waals surface area contributed by atoms with Crippen molar-refractivity contribution in [3.8, 4) is 12.1 Å². The number of nitrogens with zero attached hydrogens (tertiary/aromatic N) is 3. The molecule has 0 unspecified atom stereocenters. The first-order chi connectivity index (χ1) is 8.27. The second-order valence-corrected chi connectivity index (χ2v) is 5.28. The Morgan fingerprint density at radius 1 is 1.24 bits per heavy atom. The minimum atomic E-state index is -0.131. The van der Waals surface area contributed by atoms with Crippen LogP contribution in [0.5, 0.6) is 0 Å². The van der Waals surface area contributed by atoms with Crippen LogP contribution in [0.4, 0.5) is 5.69 Å². The quantitative estimate of drug-likeness (QED) is 0.579. The second-order valence-electron chi connectivity index (χ2n) is 3.26. The number of para-hydroxylation sites is 1. The first kappa shape index (κ1) is 11.4. The van der Waals surface area contributed by atoms with Crippen LogP contribution in [0.3, 0.4) is 0 Å². The van der Waals surface area contributed by atoms with Crippen LogP contribution in [0, 0.1) is 22.7 Å². The zero-order chi connectivity index (χ0) is 12.3. The minimum absolute atomic E-state index is 0.0414. The van der Waals surface area contributed by atoms with E-state index in [-0.39, 0.29) is 26.4 Å². The summed E-state index contributed by atoms with van der Waals surface area (Å²) < 4.78 is 0.568. The van der Waals surface area contributed by atoms with E-state index in [0.717, 1.165) is 5.69 Å². The van der Waals surface area contributed by atoms with Crippen molar-refractivity contribution < 1.29 is 4.79 Å². The summed E-state index contributed by atoms with van der Waals surface area (Å²) in [6.07, 6.45) is 0. The molecule has 2 rings (SSSR count). The van der Waals surface area contributed by atoms with Crippen LogP contribution < -0.4 is 4.90 Å². The van der Waals surface area contributed by atoms with Crippen molar-refractivity contribution in [2.75, 3.05) is 4.90 Å². The molecule has 1 aliphatic rings. The topological polar surface area (TPSA) is 67.9 Å². The molecule has 82 valence electrons. The fourth-order valence-corrected chi connectivity index (χ4v) is 3.53. The molecule has 0 aliphatic carbocycles. The molecule has 0 N–H and O–H groups in total. The molecule has 1 fully saturated rings. The molecule has 1 saturated heterocycles. The Bertz CT molecular complexity index is 550. The predicted molar refractivity (Wildman–Crippen MR) is 62.7 cm³/mol. The summed E-state index contributed by atoms with van der Waals surface area (Å²) >= 11 is -0.131. The molecule has 4 nitrogen and oxygen atoms in total. The van der Waals surface area contributed by atoms with Gasteiger partial charge in [0, 0.05) is 0 Å². The van der Waals surface area contributed by atoms with E-state index in [0.29, 0.717) is 9.91 Å². The van der Waals surface area contributed by atoms with Gasteiger partial charge < -0.3 is 0 Å². The molecule has 0 spiro atoms. The maximum atomic E-state index is 11.8. The van der Waals surface area contributed by atoms with Gasteiger partial charge in [-0.1, -0.05) is 0 Å². The summed E-state index contributed by atoms with van der Waals surface area (Å²) in [4.78, 5) is 13.3. The molecule has 0 bridgehead atoms. The molecule has 17 heavy (non-hydrogen) atoms. The van der Waals surface area contributed by atoms with E-state index >= 15 is 0 Å². The average molecular weight is 288 g/mol. The van der Waals surface area contributed by atoms with Crippen molar-refractivity contribution in [1.29, 1.82) is 10.5 Å². The Kier molecular flexibility index (Phi) is 3.25. The molecule has 1 amide bonds. The van der Waals surface area contributed by atoms with Crippen LogP contribution in [-0.4, -0.2) is 20.9 Å². The van der Waals surface area contributed by atoms with Gasteiger partial charge in [-0.3, -0.25) is 0 Å². The monoisotopic (exact) mass is 289 g/mol. The van der Waals surface area contributed by atoms with Crippen molar-refractivity contribution in [2.45, 2.75) is 5.32 Å². The van der Waals surface area contributed by atoms with Gasteiger partial charge in [-0.25, -0.2) is 0 Å². The van der Waals surface area contributed by atoms with E-state index in [1.54, 1.807) is 12.1 Å². The number of hydrogen-bond acceptors (Lipinski definition) is 3. The third-order valence-electron chi connectivity index (χ3n) is 2.24. The van der Waals surface area contributed by atoms with Crippen LogP contribution in [0.25, 0.3) is 0 Å². The van der Waals surface area contributed by atoms with Gasteiger partial charge in [-0.15, -0.1) is 0 Å². The summed E-state index contributed by atoms with van der Waals surface area (Å²) in [7, 11) is 0. The van der Waals surface area contributed by atoms with Gasteiger partial charge in [0.2, 0.25) is 0 Å². The van der Waals surface area contributed by atoms with E-state index in [9.17, 15) is 4.79 Å². The van der Waals surface area contributed by atoms with Gasteiger partial charge in [-0.05, 0) is 0 Å². The third kappa shape index (κ3) is 2.07. The zero-order valence-corrected chi connectivity index (χ0v) is 10.5. The number of amides is 1. The van der Waals surface area contributed by atoms with Gasteiger partial charge in [0.05, 0.1) is 0 Å². The van der Waals surface area contributed by atoms with E-state index in [1.807, 2.05) is 30.3 Å². The zero-order valence-electron chi connectivity index (χ0n) is 8.75. The Morgan fingerprint density at radius 2 is 1.88 bits per heavy atom. The molecule has 0 aromatic heterocycles. The fraction of sp³-hybridized carbons (Fsp3) is 0.0833. The maximum absolute atomic E-state index is 11.8. The summed E-state index contributed by atoms with van der Waals surface area (Å²) in [6.45, 7) is 0. The van der Waals surface area contributed by atoms with Crippen molar-refractivity contribution in [2.24, 2.45) is 0 Å². The van der Waals surface area contributed by atoms with Gasteiger partial charge in [0.15, 0.2) is 0 Å². The molecule has 1 aromatic rings. The number of allylic oxidation sites excluding steroid dienone is 1. The Morgan fingerprint density at radius 3 is 2.47 bits per heavy atom. The van der Waals surface area contributed by atoms with Crippen LogP contribution in [0.15, 0.2) is 40.5 Å². The fourth-order valence-electron chi connectivity index (χ4n) is 1.52. The summed E-state index contributed by atoms with van der Waals surface area (Å²) in [5.41, 5.74) is 0.759. The van der Waals surface area contributed by atoms with Crippen molar-refractivity contribution in [3.63, 3.8) is 0 Å². The molecular formula is C12H7N3OSe. The van der Waals surface area contributed by atoms with Gasteiger partial charge in [0.25, 0.3) is 0 Å². The third-order valence-corrected chi connectivity index (χ3v) is 4.44. The first-order valence-corrected chi connectivity index (χ1v) is 6.90. The number of rotatable bonds is 1. The predicted octanol–water partition coefficient (Wildman–Crippen LogP) is 1.41. The van der Waals surface area contributed by atoms with E-state index < -0.39 is 0 Å². The molecule has 0 radical (unpaired) electrons. The molecule has 1 heterocycles. The molecule has 0 atom stereocenters. The van der Waals surface area contributed by atoms with E-state index in [1.165, 1.54) is 4.90 Å². The molecular weight excluding hydrogens is 281 g/mol. The Hall–Kier alpha value is -2.07. The number of carbonyl (C=O) groups is 1. The van der Waals surface area contributed by atoms with E-state index in [2.05, 4.69) is 0 Å². The summed E-state index contributed by atoms with van der Waals surface area (Å²) in [5.74, 6) is -0.0470. The van der Waals surface area contributed by atoms with Crippen LogP contribution in [-0.2, 0) is 4.79 Å². The Labute approximate surface area is 105 Å². The Balaban J connectivity index is 2.52. The van der Waals surface area contributed by atoms with Crippen LogP contribution in [0.2, 0.25) is 5.32 Å². The van der Waals surface area contributed by atoms with Crippen molar-refractivity contribution >= 4 is 26.6 Å². The number of hydrogen-bond donors (Lipinski definition) is 0. The SMILES string of the molecule is N#CC(C#N)=C1[Se]CC(=O)N1c1ccccc1. The number of nitriles is 2. The van der Waals surface area contributed by atoms with E-state index in [4.69, 9.17) is 10.5 Å². The van der Waals surface area contributed by atoms with Crippen LogP contribution in [0.1, 0.15) is 0 Å². The number of anilines is 1.